The monoisotopic (exact) mass is 304 g/mol. The van der Waals surface area contributed by atoms with Crippen LogP contribution in [0.2, 0.25) is 0 Å². The number of anilines is 1. The molecule has 23 heavy (non-hydrogen) atoms. The predicted molar refractivity (Wildman–Crippen MR) is 86.8 cm³/mol. The van der Waals surface area contributed by atoms with Gasteiger partial charge in [0, 0.05) is 23.5 Å². The van der Waals surface area contributed by atoms with Gasteiger partial charge in [-0.25, -0.2) is 4.98 Å². The first kappa shape index (κ1) is 13.6. The molecule has 0 radical (unpaired) electrons. The molecular weight excluding hydrogens is 291 g/mol. The van der Waals surface area contributed by atoms with Crippen LogP contribution in [-0.2, 0) is 6.42 Å². The van der Waals surface area contributed by atoms with Crippen molar-refractivity contribution in [2.45, 2.75) is 6.42 Å². The predicted octanol–water partition coefficient (Wildman–Crippen LogP) is 4.04. The molecule has 0 saturated carbocycles. The van der Waals surface area contributed by atoms with Crippen molar-refractivity contribution in [1.82, 2.24) is 4.98 Å². The van der Waals surface area contributed by atoms with E-state index in [1.807, 2.05) is 30.3 Å². The number of aromatic nitrogens is 1. The normalized spacial score (nSPS) is 11.7. The first-order valence-electron chi connectivity index (χ1n) is 7.35. The van der Waals surface area contributed by atoms with Crippen LogP contribution in [0.1, 0.15) is 21.5 Å². The van der Waals surface area contributed by atoms with E-state index >= 15 is 0 Å². The fourth-order valence-electron chi connectivity index (χ4n) is 2.97. The molecule has 0 fully saturated rings. The lowest BCUT2D eigenvalue weighted by Gasteiger charge is -2.08. The number of halogens is 1. The van der Waals surface area contributed by atoms with Crippen molar-refractivity contribution in [2.24, 2.45) is 0 Å². The number of carbonyl (C=O) groups excluding carboxylic acids is 1. The average Bonchev–Trinajstić information content (AvgIpc) is 2.92. The zero-order valence-electron chi connectivity index (χ0n) is 12.2. The molecule has 0 unspecified atom stereocenters. The Kier molecular flexibility index (Phi) is 3.15. The van der Waals surface area contributed by atoms with Crippen LogP contribution in [0.3, 0.4) is 0 Å². The summed E-state index contributed by atoms with van der Waals surface area (Å²) in [5.41, 5.74) is 5.89. The van der Waals surface area contributed by atoms with Gasteiger partial charge in [-0.15, -0.1) is 0 Å². The SMILES string of the molecule is O=C(Nc1ccc2c(c1)Cc1ccccc1-2)c1ccnc(F)c1. The lowest BCUT2D eigenvalue weighted by Crippen LogP contribution is -2.12. The molecule has 1 heterocycles. The second kappa shape index (κ2) is 5.32. The Labute approximate surface area is 132 Å². The second-order valence-electron chi connectivity index (χ2n) is 5.53. The van der Waals surface area contributed by atoms with Gasteiger partial charge < -0.3 is 5.32 Å². The Morgan fingerprint density at radius 1 is 1.00 bits per heavy atom. The molecule has 0 saturated heterocycles. The quantitative estimate of drug-likeness (QED) is 0.568. The molecular formula is C19H13FN2O. The fraction of sp³-hybridized carbons (Fsp3) is 0.0526. The Bertz CT molecular complexity index is 921. The highest BCUT2D eigenvalue weighted by Crippen LogP contribution is 2.37. The van der Waals surface area contributed by atoms with E-state index in [0.29, 0.717) is 5.69 Å². The summed E-state index contributed by atoms with van der Waals surface area (Å²) >= 11 is 0. The van der Waals surface area contributed by atoms with Crippen molar-refractivity contribution in [3.05, 3.63) is 83.4 Å². The molecule has 0 spiro atoms. The van der Waals surface area contributed by atoms with Crippen molar-refractivity contribution >= 4 is 11.6 Å². The maximum absolute atomic E-state index is 13.1. The van der Waals surface area contributed by atoms with Crippen LogP contribution in [0, 0.1) is 5.95 Å². The summed E-state index contributed by atoms with van der Waals surface area (Å²) < 4.78 is 13.1. The van der Waals surface area contributed by atoms with Crippen molar-refractivity contribution < 1.29 is 9.18 Å². The first-order chi connectivity index (χ1) is 11.2. The maximum atomic E-state index is 13.1. The third-order valence-corrected chi connectivity index (χ3v) is 4.04. The number of rotatable bonds is 2. The number of pyridine rings is 1. The van der Waals surface area contributed by atoms with Crippen molar-refractivity contribution in [2.75, 3.05) is 5.32 Å². The van der Waals surface area contributed by atoms with Gasteiger partial charge in [0.2, 0.25) is 5.95 Å². The summed E-state index contributed by atoms with van der Waals surface area (Å²) in [6.45, 7) is 0. The van der Waals surface area contributed by atoms with Crippen molar-refractivity contribution in [1.29, 1.82) is 0 Å². The average molecular weight is 304 g/mol. The van der Waals surface area contributed by atoms with E-state index in [4.69, 9.17) is 0 Å². The van der Waals surface area contributed by atoms with Crippen molar-refractivity contribution in [3.8, 4) is 11.1 Å². The summed E-state index contributed by atoms with van der Waals surface area (Å²) in [5.74, 6) is -1.01. The number of carbonyl (C=O) groups is 1. The van der Waals surface area contributed by atoms with Crippen LogP contribution in [0.15, 0.2) is 60.8 Å². The molecule has 4 heteroatoms. The van der Waals surface area contributed by atoms with E-state index in [0.717, 1.165) is 12.5 Å². The van der Waals surface area contributed by atoms with E-state index in [2.05, 4.69) is 22.4 Å². The standard InChI is InChI=1S/C19H13FN2O/c20-18-11-13(7-8-21-18)19(23)22-15-5-6-17-14(10-15)9-12-3-1-2-4-16(12)17/h1-8,10-11H,9H2,(H,22,23). The van der Waals surface area contributed by atoms with E-state index in [1.54, 1.807) is 0 Å². The summed E-state index contributed by atoms with van der Waals surface area (Å²) in [7, 11) is 0. The number of fused-ring (bicyclic) bond motifs is 3. The van der Waals surface area contributed by atoms with Gasteiger partial charge in [-0.1, -0.05) is 30.3 Å². The van der Waals surface area contributed by atoms with Gasteiger partial charge in [-0.2, -0.15) is 4.39 Å². The molecule has 1 N–H and O–H groups in total. The number of amides is 1. The summed E-state index contributed by atoms with van der Waals surface area (Å²) in [6, 6.07) is 16.8. The molecule has 4 rings (SSSR count). The van der Waals surface area contributed by atoms with E-state index < -0.39 is 5.95 Å². The highest BCUT2D eigenvalue weighted by Gasteiger charge is 2.18. The van der Waals surface area contributed by atoms with E-state index in [1.165, 1.54) is 34.5 Å². The van der Waals surface area contributed by atoms with Crippen LogP contribution >= 0.6 is 0 Å². The second-order valence-corrected chi connectivity index (χ2v) is 5.53. The van der Waals surface area contributed by atoms with Gasteiger partial charge in [0.1, 0.15) is 0 Å². The Morgan fingerprint density at radius 2 is 1.83 bits per heavy atom. The summed E-state index contributed by atoms with van der Waals surface area (Å²) in [4.78, 5) is 15.6. The molecule has 1 amide bonds. The third kappa shape index (κ3) is 2.48. The number of hydrogen-bond donors (Lipinski definition) is 1. The van der Waals surface area contributed by atoms with Crippen LogP contribution in [0.4, 0.5) is 10.1 Å². The first-order valence-corrected chi connectivity index (χ1v) is 7.35. The molecule has 1 aliphatic rings. The molecule has 0 atom stereocenters. The van der Waals surface area contributed by atoms with Crippen LogP contribution in [0.5, 0.6) is 0 Å². The lowest BCUT2D eigenvalue weighted by molar-refractivity contribution is 0.102. The minimum Gasteiger partial charge on any atom is -0.322 e. The van der Waals surface area contributed by atoms with E-state index in [-0.39, 0.29) is 11.5 Å². The summed E-state index contributed by atoms with van der Waals surface area (Å²) in [6.07, 6.45) is 2.14. The minimum absolute atomic E-state index is 0.251. The number of benzene rings is 2. The van der Waals surface area contributed by atoms with Crippen LogP contribution < -0.4 is 5.32 Å². The van der Waals surface area contributed by atoms with Gasteiger partial charge in [0.05, 0.1) is 0 Å². The highest BCUT2D eigenvalue weighted by molar-refractivity contribution is 6.04. The number of nitrogens with one attached hydrogen (secondary N) is 1. The number of nitrogens with zero attached hydrogens (tertiary/aromatic N) is 1. The summed E-state index contributed by atoms with van der Waals surface area (Å²) in [5, 5.41) is 2.81. The molecule has 2 aromatic carbocycles. The zero-order valence-corrected chi connectivity index (χ0v) is 12.2. The molecule has 1 aromatic heterocycles. The Balaban J connectivity index is 1.60. The zero-order chi connectivity index (χ0) is 15.8. The fourth-order valence-corrected chi connectivity index (χ4v) is 2.97. The van der Waals surface area contributed by atoms with Gasteiger partial charge in [0.15, 0.2) is 0 Å². The molecule has 3 aromatic rings. The van der Waals surface area contributed by atoms with E-state index in [9.17, 15) is 9.18 Å². The molecule has 3 nitrogen and oxygen atoms in total. The van der Waals surface area contributed by atoms with Gasteiger partial charge in [-0.3, -0.25) is 4.79 Å². The van der Waals surface area contributed by atoms with Crippen LogP contribution in [-0.4, -0.2) is 10.9 Å². The topological polar surface area (TPSA) is 42.0 Å². The highest BCUT2D eigenvalue weighted by atomic mass is 19.1. The lowest BCUT2D eigenvalue weighted by atomic mass is 10.1. The molecule has 1 aliphatic carbocycles. The smallest absolute Gasteiger partial charge is 0.255 e. The number of hydrogen-bond acceptors (Lipinski definition) is 2. The Hall–Kier alpha value is -3.01. The van der Waals surface area contributed by atoms with Gasteiger partial charge >= 0.3 is 0 Å². The maximum Gasteiger partial charge on any atom is 0.255 e. The third-order valence-electron chi connectivity index (χ3n) is 4.04. The van der Waals surface area contributed by atoms with Gasteiger partial charge in [0.25, 0.3) is 5.91 Å². The van der Waals surface area contributed by atoms with Gasteiger partial charge in [-0.05, 0) is 46.9 Å². The van der Waals surface area contributed by atoms with Crippen LogP contribution in [0.25, 0.3) is 11.1 Å². The molecule has 0 aliphatic heterocycles. The largest absolute Gasteiger partial charge is 0.322 e. The molecule has 0 bridgehead atoms. The minimum atomic E-state index is -0.665. The molecule has 112 valence electrons. The van der Waals surface area contributed by atoms with Crippen molar-refractivity contribution in [3.63, 3.8) is 0 Å². The Morgan fingerprint density at radius 3 is 2.70 bits per heavy atom.